The van der Waals surface area contributed by atoms with Gasteiger partial charge in [-0.15, -0.1) is 5.10 Å². The summed E-state index contributed by atoms with van der Waals surface area (Å²) in [4.78, 5) is 19.0. The van der Waals surface area contributed by atoms with Gasteiger partial charge in [-0.3, -0.25) is 4.79 Å². The Labute approximate surface area is 173 Å². The van der Waals surface area contributed by atoms with Crippen molar-refractivity contribution in [1.29, 1.82) is 0 Å². The van der Waals surface area contributed by atoms with E-state index in [9.17, 15) is 9.18 Å². The number of anilines is 3. The molecule has 1 amide bonds. The third kappa shape index (κ3) is 4.22. The zero-order chi connectivity index (χ0) is 21.1. The van der Waals surface area contributed by atoms with Crippen molar-refractivity contribution < 1.29 is 9.18 Å². The van der Waals surface area contributed by atoms with Gasteiger partial charge in [-0.2, -0.15) is 0 Å². The number of halogens is 1. The molecule has 0 spiro atoms. The van der Waals surface area contributed by atoms with E-state index in [0.29, 0.717) is 29.4 Å². The molecule has 7 nitrogen and oxygen atoms in total. The molecule has 152 valence electrons. The van der Waals surface area contributed by atoms with Crippen LogP contribution in [0.4, 0.5) is 21.6 Å². The average molecular weight is 404 g/mol. The SMILES string of the molecule is CN(C)c1ccc(NC(=O)c2cnc3ccc(NCc4ccc(F)cc4)nn23)cc1. The van der Waals surface area contributed by atoms with Crippen molar-refractivity contribution in [2.75, 3.05) is 29.6 Å². The van der Waals surface area contributed by atoms with Crippen LogP contribution in [0, 0.1) is 5.82 Å². The zero-order valence-electron chi connectivity index (χ0n) is 16.6. The Balaban J connectivity index is 1.50. The molecule has 0 aliphatic carbocycles. The molecule has 0 aliphatic rings. The Hall–Kier alpha value is -3.94. The second-order valence-electron chi connectivity index (χ2n) is 7.01. The highest BCUT2D eigenvalue weighted by molar-refractivity contribution is 6.03. The van der Waals surface area contributed by atoms with Crippen molar-refractivity contribution in [2.24, 2.45) is 0 Å². The summed E-state index contributed by atoms with van der Waals surface area (Å²) in [6.07, 6.45) is 1.50. The van der Waals surface area contributed by atoms with E-state index in [2.05, 4.69) is 20.7 Å². The summed E-state index contributed by atoms with van der Waals surface area (Å²) in [5, 5.41) is 10.5. The van der Waals surface area contributed by atoms with E-state index >= 15 is 0 Å². The Morgan fingerprint density at radius 3 is 2.47 bits per heavy atom. The fraction of sp³-hybridized carbons (Fsp3) is 0.136. The molecule has 0 bridgehead atoms. The van der Waals surface area contributed by atoms with Gasteiger partial charge < -0.3 is 15.5 Å². The van der Waals surface area contributed by atoms with Crippen LogP contribution in [0.3, 0.4) is 0 Å². The predicted molar refractivity (Wildman–Crippen MR) is 115 cm³/mol. The number of nitrogens with zero attached hydrogens (tertiary/aromatic N) is 4. The molecule has 2 N–H and O–H groups in total. The van der Waals surface area contributed by atoms with Crippen LogP contribution in [0.1, 0.15) is 16.1 Å². The van der Waals surface area contributed by atoms with Crippen LogP contribution in [0.2, 0.25) is 0 Å². The number of fused-ring (bicyclic) bond motifs is 1. The number of carbonyl (C=O) groups is 1. The average Bonchev–Trinajstić information content (AvgIpc) is 3.17. The fourth-order valence-electron chi connectivity index (χ4n) is 2.96. The van der Waals surface area contributed by atoms with E-state index in [0.717, 1.165) is 11.3 Å². The number of aromatic nitrogens is 3. The van der Waals surface area contributed by atoms with Gasteiger partial charge in [0, 0.05) is 32.0 Å². The van der Waals surface area contributed by atoms with Crippen LogP contribution < -0.4 is 15.5 Å². The first-order valence-electron chi connectivity index (χ1n) is 9.41. The maximum Gasteiger partial charge on any atom is 0.276 e. The van der Waals surface area contributed by atoms with Crippen molar-refractivity contribution in [1.82, 2.24) is 14.6 Å². The molecular weight excluding hydrogens is 383 g/mol. The lowest BCUT2D eigenvalue weighted by atomic mass is 10.2. The van der Waals surface area contributed by atoms with Gasteiger partial charge in [0.25, 0.3) is 5.91 Å². The molecule has 0 fully saturated rings. The molecule has 30 heavy (non-hydrogen) atoms. The Kier molecular flexibility index (Phi) is 5.30. The second kappa shape index (κ2) is 8.20. The number of imidazole rings is 1. The van der Waals surface area contributed by atoms with Crippen LogP contribution in [-0.4, -0.2) is 34.6 Å². The molecule has 4 rings (SSSR count). The lowest BCUT2D eigenvalue weighted by Crippen LogP contribution is -2.16. The van der Waals surface area contributed by atoms with Crippen LogP contribution >= 0.6 is 0 Å². The third-order valence-corrected chi connectivity index (χ3v) is 4.62. The standard InChI is InChI=1S/C22H21FN6O/c1-28(2)18-9-7-17(8-10-18)26-22(30)19-14-25-21-12-11-20(27-29(19)21)24-13-15-3-5-16(23)6-4-15/h3-12,14H,13H2,1-2H3,(H,24,27)(H,26,30). The minimum atomic E-state index is -0.303. The van der Waals surface area contributed by atoms with Crippen molar-refractivity contribution in [3.05, 3.63) is 83.9 Å². The van der Waals surface area contributed by atoms with Crippen molar-refractivity contribution in [3.8, 4) is 0 Å². The summed E-state index contributed by atoms with van der Waals surface area (Å²) in [5.74, 6) is 0.00113. The van der Waals surface area contributed by atoms with Crippen LogP contribution in [-0.2, 0) is 6.54 Å². The first-order chi connectivity index (χ1) is 14.5. The molecule has 0 saturated carbocycles. The van der Waals surface area contributed by atoms with E-state index in [1.54, 1.807) is 24.3 Å². The minimum absolute atomic E-state index is 0.274. The quantitative estimate of drug-likeness (QED) is 0.511. The van der Waals surface area contributed by atoms with Gasteiger partial charge in [0.15, 0.2) is 11.3 Å². The van der Waals surface area contributed by atoms with E-state index in [-0.39, 0.29) is 11.7 Å². The van der Waals surface area contributed by atoms with E-state index in [1.807, 2.05) is 43.3 Å². The van der Waals surface area contributed by atoms with E-state index in [1.165, 1.54) is 22.8 Å². The summed E-state index contributed by atoms with van der Waals surface area (Å²) in [7, 11) is 3.92. The number of nitrogens with one attached hydrogen (secondary N) is 2. The molecule has 4 aromatic rings. The minimum Gasteiger partial charge on any atom is -0.378 e. The number of hydrogen-bond acceptors (Lipinski definition) is 5. The van der Waals surface area contributed by atoms with Crippen LogP contribution in [0.15, 0.2) is 66.9 Å². The highest BCUT2D eigenvalue weighted by Crippen LogP contribution is 2.17. The maximum atomic E-state index is 13.0. The first-order valence-corrected chi connectivity index (χ1v) is 9.41. The molecule has 0 atom stereocenters. The summed E-state index contributed by atoms with van der Waals surface area (Å²) in [6.45, 7) is 0.479. The van der Waals surface area contributed by atoms with Crippen LogP contribution in [0.25, 0.3) is 5.65 Å². The molecule has 0 aliphatic heterocycles. The predicted octanol–water partition coefficient (Wildman–Crippen LogP) is 3.80. The second-order valence-corrected chi connectivity index (χ2v) is 7.01. The van der Waals surface area contributed by atoms with Gasteiger partial charge in [0.2, 0.25) is 0 Å². The van der Waals surface area contributed by atoms with E-state index in [4.69, 9.17) is 0 Å². The maximum absolute atomic E-state index is 13.0. The molecule has 2 heterocycles. The molecule has 8 heteroatoms. The van der Waals surface area contributed by atoms with Crippen molar-refractivity contribution in [2.45, 2.75) is 6.54 Å². The van der Waals surface area contributed by atoms with Crippen molar-refractivity contribution in [3.63, 3.8) is 0 Å². The summed E-state index contributed by atoms with van der Waals surface area (Å²) in [6, 6.07) is 17.4. The number of amides is 1. The monoisotopic (exact) mass is 404 g/mol. The summed E-state index contributed by atoms with van der Waals surface area (Å²) >= 11 is 0. The van der Waals surface area contributed by atoms with Gasteiger partial charge in [-0.05, 0) is 54.1 Å². The largest absolute Gasteiger partial charge is 0.378 e. The molecular formula is C22H21FN6O. The van der Waals surface area contributed by atoms with Gasteiger partial charge in [-0.1, -0.05) is 12.1 Å². The number of hydrogen-bond donors (Lipinski definition) is 2. The summed E-state index contributed by atoms with van der Waals surface area (Å²) in [5.41, 5.74) is 3.54. The molecule has 2 aromatic carbocycles. The highest BCUT2D eigenvalue weighted by atomic mass is 19.1. The molecule has 2 aromatic heterocycles. The lowest BCUT2D eigenvalue weighted by Gasteiger charge is -2.13. The molecule has 0 unspecified atom stereocenters. The van der Waals surface area contributed by atoms with E-state index < -0.39 is 0 Å². The molecule has 0 radical (unpaired) electrons. The lowest BCUT2D eigenvalue weighted by molar-refractivity contribution is 0.102. The Morgan fingerprint density at radius 1 is 1.03 bits per heavy atom. The van der Waals surface area contributed by atoms with Gasteiger partial charge in [-0.25, -0.2) is 13.9 Å². The zero-order valence-corrected chi connectivity index (χ0v) is 16.6. The van der Waals surface area contributed by atoms with Crippen LogP contribution in [0.5, 0.6) is 0 Å². The third-order valence-electron chi connectivity index (χ3n) is 4.62. The number of rotatable bonds is 6. The highest BCUT2D eigenvalue weighted by Gasteiger charge is 2.14. The Morgan fingerprint density at radius 2 is 1.77 bits per heavy atom. The Bertz CT molecular complexity index is 1170. The van der Waals surface area contributed by atoms with Crippen molar-refractivity contribution >= 4 is 28.7 Å². The number of benzene rings is 2. The smallest absolute Gasteiger partial charge is 0.276 e. The van der Waals surface area contributed by atoms with Gasteiger partial charge in [0.1, 0.15) is 11.6 Å². The first kappa shape index (κ1) is 19.4. The van der Waals surface area contributed by atoms with Gasteiger partial charge in [0.05, 0.1) is 6.20 Å². The molecule has 0 saturated heterocycles. The van der Waals surface area contributed by atoms with Gasteiger partial charge >= 0.3 is 0 Å². The number of carbonyl (C=O) groups excluding carboxylic acids is 1. The summed E-state index contributed by atoms with van der Waals surface area (Å²) < 4.78 is 14.5. The fourth-order valence-corrected chi connectivity index (χ4v) is 2.96. The topological polar surface area (TPSA) is 74.6 Å². The normalized spacial score (nSPS) is 10.8.